The first-order valence-corrected chi connectivity index (χ1v) is 10.7. The number of nitrogens with one attached hydrogen (secondary N) is 1. The van der Waals surface area contributed by atoms with Gasteiger partial charge in [0.25, 0.3) is 5.91 Å². The van der Waals surface area contributed by atoms with Crippen molar-refractivity contribution in [1.29, 1.82) is 0 Å². The van der Waals surface area contributed by atoms with Crippen molar-refractivity contribution < 1.29 is 32.2 Å². The average Bonchev–Trinajstić information content (AvgIpc) is 3.51. The Morgan fingerprint density at radius 2 is 1.83 bits per heavy atom. The Morgan fingerprint density at radius 1 is 1.06 bits per heavy atom. The number of carbonyl (C=O) groups excluding carboxylic acids is 2. The fourth-order valence-electron chi connectivity index (χ4n) is 3.22. The summed E-state index contributed by atoms with van der Waals surface area (Å²) in [5.74, 6) is -1.21. The Balaban J connectivity index is 1.50. The Labute approximate surface area is 203 Å². The second kappa shape index (κ2) is 10.3. The molecule has 9 nitrogen and oxygen atoms in total. The minimum atomic E-state index is -4.50. The van der Waals surface area contributed by atoms with Gasteiger partial charge in [-0.3, -0.25) is 4.79 Å². The molecule has 4 rings (SSSR count). The molecule has 0 atom stereocenters. The number of para-hydroxylation sites is 1. The number of aromatic nitrogens is 4. The molecule has 0 bridgehead atoms. The van der Waals surface area contributed by atoms with Gasteiger partial charge < -0.3 is 14.8 Å². The number of ether oxygens (including phenoxy) is 2. The number of hydrogen-bond acceptors (Lipinski definition) is 6. The first kappa shape index (κ1) is 24.5. The second-order valence-corrected chi connectivity index (χ2v) is 7.37. The van der Waals surface area contributed by atoms with Crippen molar-refractivity contribution in [2.24, 2.45) is 0 Å². The van der Waals surface area contributed by atoms with E-state index >= 15 is 0 Å². The van der Waals surface area contributed by atoms with Crippen LogP contribution in [0.4, 0.5) is 19.0 Å². The molecule has 0 saturated heterocycles. The Morgan fingerprint density at radius 3 is 2.56 bits per heavy atom. The van der Waals surface area contributed by atoms with E-state index in [-0.39, 0.29) is 36.2 Å². The SMILES string of the molecule is CCOC(=O)c1cnn(-c2ccccc2)c1NC(=O)c1ccn(COc2cccc(C(F)(F)F)c2)n1. The van der Waals surface area contributed by atoms with Crippen LogP contribution in [0, 0.1) is 0 Å². The van der Waals surface area contributed by atoms with Crippen LogP contribution in [0.25, 0.3) is 5.69 Å². The van der Waals surface area contributed by atoms with Gasteiger partial charge in [-0.2, -0.15) is 23.4 Å². The molecule has 0 radical (unpaired) electrons. The van der Waals surface area contributed by atoms with Crippen molar-refractivity contribution in [3.8, 4) is 11.4 Å². The molecular weight excluding hydrogens is 479 g/mol. The minimum absolute atomic E-state index is 0.00262. The zero-order valence-corrected chi connectivity index (χ0v) is 18.9. The number of anilines is 1. The highest BCUT2D eigenvalue weighted by Gasteiger charge is 2.30. The number of amides is 1. The summed E-state index contributed by atoms with van der Waals surface area (Å²) in [5, 5.41) is 10.9. The molecule has 0 aliphatic rings. The van der Waals surface area contributed by atoms with Gasteiger partial charge in [-0.05, 0) is 43.3 Å². The van der Waals surface area contributed by atoms with Crippen molar-refractivity contribution in [2.45, 2.75) is 19.8 Å². The molecule has 2 aromatic carbocycles. The number of rotatable bonds is 8. The van der Waals surface area contributed by atoms with Crippen LogP contribution in [0.2, 0.25) is 0 Å². The van der Waals surface area contributed by atoms with Gasteiger partial charge in [-0.1, -0.05) is 24.3 Å². The maximum Gasteiger partial charge on any atom is 0.416 e. The number of alkyl halides is 3. The van der Waals surface area contributed by atoms with Crippen molar-refractivity contribution in [2.75, 3.05) is 11.9 Å². The summed E-state index contributed by atoms with van der Waals surface area (Å²) >= 11 is 0. The Hall–Kier alpha value is -4.61. The third kappa shape index (κ3) is 5.54. The van der Waals surface area contributed by atoms with E-state index in [0.29, 0.717) is 5.69 Å². The van der Waals surface area contributed by atoms with E-state index in [9.17, 15) is 22.8 Å². The highest BCUT2D eigenvalue weighted by atomic mass is 19.4. The van der Waals surface area contributed by atoms with Gasteiger partial charge in [0.1, 0.15) is 11.3 Å². The summed E-state index contributed by atoms with van der Waals surface area (Å²) in [6.07, 6.45) is -1.77. The van der Waals surface area contributed by atoms with Crippen LogP contribution < -0.4 is 10.1 Å². The van der Waals surface area contributed by atoms with Gasteiger partial charge >= 0.3 is 12.1 Å². The lowest BCUT2D eigenvalue weighted by Crippen LogP contribution is -2.19. The van der Waals surface area contributed by atoms with Crippen LogP contribution in [-0.2, 0) is 17.6 Å². The maximum atomic E-state index is 12.9. The highest BCUT2D eigenvalue weighted by Crippen LogP contribution is 2.31. The lowest BCUT2D eigenvalue weighted by atomic mass is 10.2. The van der Waals surface area contributed by atoms with Crippen LogP contribution >= 0.6 is 0 Å². The monoisotopic (exact) mass is 499 g/mol. The van der Waals surface area contributed by atoms with Gasteiger partial charge in [0, 0.05) is 6.20 Å². The van der Waals surface area contributed by atoms with Crippen molar-refractivity contribution in [3.05, 3.63) is 89.9 Å². The minimum Gasteiger partial charge on any atom is -0.471 e. The quantitative estimate of drug-likeness (QED) is 0.357. The number of halogens is 3. The van der Waals surface area contributed by atoms with Crippen LogP contribution in [0.3, 0.4) is 0 Å². The lowest BCUT2D eigenvalue weighted by Gasteiger charge is -2.11. The first-order valence-electron chi connectivity index (χ1n) is 10.7. The standard InChI is InChI=1S/C24H20F3N5O4/c1-2-35-23(34)19-14-28-32(17-8-4-3-5-9-17)21(19)29-22(33)20-11-12-31(30-20)15-36-18-10-6-7-16(13-18)24(25,26)27/h3-14H,2,15H2,1H3,(H,29,33). The third-order valence-corrected chi connectivity index (χ3v) is 4.90. The molecule has 0 aliphatic heterocycles. The molecule has 0 aliphatic carbocycles. The van der Waals surface area contributed by atoms with Crippen LogP contribution in [0.5, 0.6) is 5.75 Å². The number of hydrogen-bond donors (Lipinski definition) is 1. The van der Waals surface area contributed by atoms with E-state index in [1.54, 1.807) is 31.2 Å². The number of carbonyl (C=O) groups is 2. The van der Waals surface area contributed by atoms with Crippen molar-refractivity contribution in [1.82, 2.24) is 19.6 Å². The Bertz CT molecular complexity index is 1370. The van der Waals surface area contributed by atoms with E-state index in [2.05, 4.69) is 15.5 Å². The van der Waals surface area contributed by atoms with Gasteiger partial charge in [-0.15, -0.1) is 0 Å². The predicted molar refractivity (Wildman–Crippen MR) is 122 cm³/mol. The fraction of sp³-hybridized carbons (Fsp3) is 0.167. The van der Waals surface area contributed by atoms with Gasteiger partial charge in [0.2, 0.25) is 0 Å². The zero-order chi connectivity index (χ0) is 25.7. The molecule has 2 heterocycles. The molecular formula is C24H20F3N5O4. The summed E-state index contributed by atoms with van der Waals surface area (Å²) in [5.41, 5.74) is -0.198. The lowest BCUT2D eigenvalue weighted by molar-refractivity contribution is -0.137. The molecule has 12 heteroatoms. The van der Waals surface area contributed by atoms with E-state index in [0.717, 1.165) is 12.1 Å². The highest BCUT2D eigenvalue weighted by molar-refractivity contribution is 6.06. The van der Waals surface area contributed by atoms with Gasteiger partial charge in [0.05, 0.1) is 24.1 Å². The Kier molecular flexibility index (Phi) is 7.04. The number of nitrogens with zero attached hydrogens (tertiary/aromatic N) is 4. The second-order valence-electron chi connectivity index (χ2n) is 7.37. The average molecular weight is 499 g/mol. The number of esters is 1. The topological polar surface area (TPSA) is 100 Å². The first-order chi connectivity index (χ1) is 17.3. The number of benzene rings is 2. The molecule has 0 saturated carbocycles. The zero-order valence-electron chi connectivity index (χ0n) is 18.9. The van der Waals surface area contributed by atoms with Crippen LogP contribution in [0.1, 0.15) is 33.3 Å². The molecule has 1 N–H and O–H groups in total. The van der Waals surface area contributed by atoms with Crippen LogP contribution in [0.15, 0.2) is 73.1 Å². The molecule has 0 unspecified atom stereocenters. The molecule has 2 aromatic heterocycles. The summed E-state index contributed by atoms with van der Waals surface area (Å²) in [4.78, 5) is 25.3. The fourth-order valence-corrected chi connectivity index (χ4v) is 3.22. The largest absolute Gasteiger partial charge is 0.471 e. The third-order valence-electron chi connectivity index (χ3n) is 4.90. The summed E-state index contributed by atoms with van der Waals surface area (Å²) in [6.45, 7) is 1.56. The molecule has 0 fully saturated rings. The van der Waals surface area contributed by atoms with Crippen molar-refractivity contribution >= 4 is 17.7 Å². The van der Waals surface area contributed by atoms with Crippen LogP contribution in [-0.4, -0.2) is 38.0 Å². The molecule has 4 aromatic rings. The van der Waals surface area contributed by atoms with E-state index in [1.165, 1.54) is 40.0 Å². The smallest absolute Gasteiger partial charge is 0.416 e. The summed E-state index contributed by atoms with van der Waals surface area (Å²) < 4.78 is 51.7. The van der Waals surface area contributed by atoms with Crippen molar-refractivity contribution in [3.63, 3.8) is 0 Å². The normalized spacial score (nSPS) is 11.2. The van der Waals surface area contributed by atoms with Gasteiger partial charge in [0.15, 0.2) is 18.2 Å². The molecule has 1 amide bonds. The predicted octanol–water partition coefficient (Wildman–Crippen LogP) is 4.55. The molecule has 36 heavy (non-hydrogen) atoms. The summed E-state index contributed by atoms with van der Waals surface area (Å²) in [7, 11) is 0. The molecule has 0 spiro atoms. The van der Waals surface area contributed by atoms with Gasteiger partial charge in [-0.25, -0.2) is 14.2 Å². The molecule has 186 valence electrons. The van der Waals surface area contributed by atoms with E-state index < -0.39 is 23.6 Å². The van der Waals surface area contributed by atoms with E-state index in [1.807, 2.05) is 6.07 Å². The summed E-state index contributed by atoms with van der Waals surface area (Å²) in [6, 6.07) is 14.7. The van der Waals surface area contributed by atoms with E-state index in [4.69, 9.17) is 9.47 Å². The maximum absolute atomic E-state index is 12.9.